The van der Waals surface area contributed by atoms with Crippen LogP contribution in [-0.2, 0) is 0 Å². The smallest absolute Gasteiger partial charge is 0.187 e. The predicted molar refractivity (Wildman–Crippen MR) is 365 cm³/mol. The topological polar surface area (TPSA) is 149 Å². The highest BCUT2D eigenvalue weighted by molar-refractivity contribution is 8.01. The molecule has 3 aromatic carbocycles. The maximum atomic E-state index is 8.92. The summed E-state index contributed by atoms with van der Waals surface area (Å²) in [6.45, 7) is 12.5. The van der Waals surface area contributed by atoms with Gasteiger partial charge in [-0.15, -0.1) is 35.3 Å². The predicted octanol–water partition coefficient (Wildman–Crippen LogP) is 22.1. The van der Waals surface area contributed by atoms with E-state index in [2.05, 4.69) is 142 Å². The highest BCUT2D eigenvalue weighted by Gasteiger charge is 2.09. The molecular weight excluding hydrogens is 1150 g/mol. The van der Waals surface area contributed by atoms with E-state index in [0.29, 0.717) is 0 Å². The molecule has 450 valence electrons. The van der Waals surface area contributed by atoms with Crippen LogP contribution >= 0.6 is 70.6 Å². The lowest BCUT2D eigenvalue weighted by Crippen LogP contribution is -1.91. The molecule has 84 heavy (non-hydrogen) atoms. The number of hydrogen-bond donors (Lipinski definition) is 0. The van der Waals surface area contributed by atoms with Crippen LogP contribution in [0.5, 0.6) is 0 Å². The van der Waals surface area contributed by atoms with Gasteiger partial charge in [-0.25, -0.2) is 29.9 Å². The fraction of sp³-hybridized carbons (Fsp3) is 0.522. The van der Waals surface area contributed by atoms with Crippen molar-refractivity contribution in [2.75, 3.05) is 17.3 Å². The fourth-order valence-corrected chi connectivity index (χ4v) is 13.3. The van der Waals surface area contributed by atoms with Gasteiger partial charge in [-0.1, -0.05) is 227 Å². The molecule has 0 N–H and O–H groups in total. The zero-order valence-corrected chi connectivity index (χ0v) is 56.1. The first-order chi connectivity index (χ1) is 41.2. The van der Waals surface area contributed by atoms with Gasteiger partial charge < -0.3 is 0 Å². The van der Waals surface area contributed by atoms with Gasteiger partial charge in [-0.3, -0.25) is 0 Å². The highest BCUT2D eigenvalue weighted by atomic mass is 32.2. The zero-order chi connectivity index (χ0) is 60.1. The quantitative estimate of drug-likeness (QED) is 0.0204. The van der Waals surface area contributed by atoms with Gasteiger partial charge >= 0.3 is 0 Å². The first-order valence-electron chi connectivity index (χ1n) is 31.0. The van der Waals surface area contributed by atoms with Crippen LogP contribution < -0.4 is 0 Å². The second-order valence-electron chi connectivity index (χ2n) is 21.0. The van der Waals surface area contributed by atoms with Gasteiger partial charge in [0.1, 0.15) is 0 Å². The largest absolute Gasteiger partial charge is 0.230 e. The zero-order valence-electron chi connectivity index (χ0n) is 51.2. The van der Waals surface area contributed by atoms with Gasteiger partial charge in [0, 0.05) is 85.8 Å². The van der Waals surface area contributed by atoms with Crippen LogP contribution in [0.3, 0.4) is 0 Å². The number of thioether (sulfide) groups is 6. The van der Waals surface area contributed by atoms with Crippen molar-refractivity contribution in [3.8, 4) is 51.6 Å². The summed E-state index contributed by atoms with van der Waals surface area (Å²) in [5, 5.41) is 29.2. The van der Waals surface area contributed by atoms with Gasteiger partial charge in [0.05, 0.1) is 34.0 Å². The third-order valence-electron chi connectivity index (χ3n) is 13.6. The number of nitriles is 3. The molecule has 0 saturated heterocycles. The van der Waals surface area contributed by atoms with E-state index in [4.69, 9.17) is 15.8 Å². The van der Waals surface area contributed by atoms with Crippen LogP contribution in [0, 0.1) is 34.0 Å². The molecule has 0 fully saturated rings. The Morgan fingerprint density at radius 1 is 0.298 bits per heavy atom. The van der Waals surface area contributed by atoms with E-state index in [1.807, 2.05) is 58.0 Å². The summed E-state index contributed by atoms with van der Waals surface area (Å²) in [5.41, 5.74) is 6.40. The Hall–Kier alpha value is -4.53. The minimum Gasteiger partial charge on any atom is -0.230 e. The molecule has 6 rings (SSSR count). The molecule has 3 heterocycles. The summed E-state index contributed by atoms with van der Waals surface area (Å²) < 4.78 is 0. The highest BCUT2D eigenvalue weighted by Crippen LogP contribution is 2.30. The molecule has 0 unspecified atom stereocenters. The summed E-state index contributed by atoms with van der Waals surface area (Å²) in [4.78, 5) is 30.4. The minimum absolute atomic E-state index is 0.0353. The van der Waals surface area contributed by atoms with Crippen molar-refractivity contribution in [2.24, 2.45) is 0 Å². The first-order valence-corrected chi connectivity index (χ1v) is 36.6. The third-order valence-corrected chi connectivity index (χ3v) is 19.5. The molecule has 0 saturated carbocycles. The molecule has 0 bridgehead atoms. The maximum Gasteiger partial charge on any atom is 0.187 e. The fourth-order valence-electron chi connectivity index (χ4n) is 8.69. The van der Waals surface area contributed by atoms with E-state index in [1.54, 1.807) is 70.6 Å². The molecule has 3 aromatic heterocycles. The molecule has 0 aliphatic rings. The van der Waals surface area contributed by atoms with Crippen molar-refractivity contribution in [1.29, 1.82) is 15.8 Å². The Bertz CT molecular complexity index is 2730. The normalized spacial score (nSPS) is 11.9. The minimum atomic E-state index is -0.0358. The Kier molecular flexibility index (Phi) is 40.0. The van der Waals surface area contributed by atoms with Crippen LogP contribution in [0.1, 0.15) is 196 Å². The van der Waals surface area contributed by atoms with Gasteiger partial charge in [0.2, 0.25) is 0 Å². The van der Waals surface area contributed by atoms with Crippen molar-refractivity contribution in [2.45, 2.75) is 242 Å². The molecular formula is C69H93N9S6. The summed E-state index contributed by atoms with van der Waals surface area (Å²) in [5.74, 6) is 3.28. The molecule has 0 aliphatic carbocycles. The van der Waals surface area contributed by atoms with E-state index in [1.165, 1.54) is 154 Å². The van der Waals surface area contributed by atoms with Crippen LogP contribution in [0.15, 0.2) is 140 Å². The standard InChI is InChI=1S/C24H33N3S2.C23H31N3S2.C22H29N3S2/c1-3-4-5-6-7-8-9-10-11-16-28-24-26-18-22(19-27-24)21-12-14-23(15-13-21)29-20(2)17-25;1-3-4-5-6-7-8-9-10-15-27-23-25-17-21(18-26-23)20-11-13-22(14-12-20)28-19(2)16-24;1-3-4-5-6-7-8-9-14-26-22-24-16-20(17-25-22)19-10-12-21(13-11-19)27-18(2)15-23/h12-15,18-20H,3-11,16H2,1-2H3;11-14,17-19H,3-10,15H2,1-2H3;10-13,16-18H,3-9,14H2,1-2H3/t20-;19-;18-/m111/s1. The van der Waals surface area contributed by atoms with E-state index in [-0.39, 0.29) is 15.7 Å². The lowest BCUT2D eigenvalue weighted by atomic mass is 10.1. The molecule has 9 nitrogen and oxygen atoms in total. The average molecular weight is 1240 g/mol. The van der Waals surface area contributed by atoms with E-state index < -0.39 is 0 Å². The number of rotatable bonds is 39. The average Bonchev–Trinajstić information content (AvgIpc) is 3.72. The summed E-state index contributed by atoms with van der Waals surface area (Å²) in [6.07, 6.45) is 43.8. The molecule has 15 heteroatoms. The Balaban J connectivity index is 0.000000270. The Morgan fingerprint density at radius 3 is 0.702 bits per heavy atom. The number of benzene rings is 3. The Morgan fingerprint density at radius 2 is 0.500 bits per heavy atom. The van der Waals surface area contributed by atoms with Crippen molar-refractivity contribution in [3.63, 3.8) is 0 Å². The summed E-state index contributed by atoms with van der Waals surface area (Å²) >= 11 is 9.97. The van der Waals surface area contributed by atoms with E-state index >= 15 is 0 Å². The van der Waals surface area contributed by atoms with E-state index in [0.717, 1.165) is 80.8 Å². The van der Waals surface area contributed by atoms with Gasteiger partial charge in [0.25, 0.3) is 0 Å². The van der Waals surface area contributed by atoms with Gasteiger partial charge in [-0.05, 0) is 93.1 Å². The van der Waals surface area contributed by atoms with Crippen molar-refractivity contribution in [3.05, 3.63) is 110 Å². The second-order valence-corrected chi connectivity index (χ2v) is 28.4. The molecule has 0 aliphatic heterocycles. The lowest BCUT2D eigenvalue weighted by molar-refractivity contribution is 0.573. The first kappa shape index (κ1) is 71.9. The second kappa shape index (κ2) is 46.7. The van der Waals surface area contributed by atoms with Gasteiger partial charge in [-0.2, -0.15) is 15.8 Å². The molecule has 0 radical (unpaired) electrons. The third kappa shape index (κ3) is 32.3. The number of hydrogen-bond acceptors (Lipinski definition) is 15. The Labute approximate surface area is 532 Å². The number of nitrogens with zero attached hydrogens (tertiary/aromatic N) is 9. The maximum absolute atomic E-state index is 8.92. The summed E-state index contributed by atoms with van der Waals surface area (Å²) in [7, 11) is 0. The molecule has 6 aromatic rings. The number of unbranched alkanes of at least 4 members (excludes halogenated alkanes) is 21. The molecule has 0 spiro atoms. The van der Waals surface area contributed by atoms with Crippen LogP contribution in [0.2, 0.25) is 0 Å². The van der Waals surface area contributed by atoms with Crippen molar-refractivity contribution < 1.29 is 0 Å². The lowest BCUT2D eigenvalue weighted by Gasteiger charge is -2.06. The number of aromatic nitrogens is 6. The van der Waals surface area contributed by atoms with E-state index in [9.17, 15) is 0 Å². The van der Waals surface area contributed by atoms with Crippen molar-refractivity contribution in [1.82, 2.24) is 29.9 Å². The van der Waals surface area contributed by atoms with Crippen LogP contribution in [0.25, 0.3) is 33.4 Å². The summed E-state index contributed by atoms with van der Waals surface area (Å²) in [6, 6.07) is 31.5. The van der Waals surface area contributed by atoms with Crippen molar-refractivity contribution >= 4 is 70.6 Å². The van der Waals surface area contributed by atoms with Gasteiger partial charge in [0.15, 0.2) is 15.5 Å². The van der Waals surface area contributed by atoms with Crippen LogP contribution in [0.4, 0.5) is 0 Å². The molecule has 0 amide bonds. The SMILES string of the molecule is CCCCCCCCCCCSc1ncc(-c2ccc(S[C@H](C)C#N)cc2)cn1.CCCCCCCCCCSc1ncc(-c2ccc(S[C@H](C)C#N)cc2)cn1.CCCCCCCCCSc1ncc(-c2ccc(S[C@H](C)C#N)cc2)cn1. The van der Waals surface area contributed by atoms with Crippen LogP contribution in [-0.4, -0.2) is 62.9 Å². The molecule has 3 atom stereocenters. The monoisotopic (exact) mass is 1240 g/mol.